The molecule has 0 spiro atoms. The van der Waals surface area contributed by atoms with Crippen molar-refractivity contribution in [2.24, 2.45) is 0 Å². The van der Waals surface area contributed by atoms with Gasteiger partial charge in [0.1, 0.15) is 0 Å². The molecule has 0 saturated heterocycles. The molecule has 0 aromatic heterocycles. The van der Waals surface area contributed by atoms with Gasteiger partial charge in [-0.05, 0) is 33.6 Å². The summed E-state index contributed by atoms with van der Waals surface area (Å²) < 4.78 is 0. The summed E-state index contributed by atoms with van der Waals surface area (Å²) in [4.78, 5) is 0. The highest BCUT2D eigenvalue weighted by molar-refractivity contribution is 4.48. The van der Waals surface area contributed by atoms with Gasteiger partial charge in [0.05, 0.1) is 0 Å². The number of rotatable bonds is 8. The van der Waals surface area contributed by atoms with Crippen molar-refractivity contribution >= 4 is 0 Å². The van der Waals surface area contributed by atoms with Gasteiger partial charge in [-0.15, -0.1) is 0 Å². The molecular formula is C7H20N4. The van der Waals surface area contributed by atoms with Crippen LogP contribution in [0.1, 0.15) is 6.42 Å². The highest BCUT2D eigenvalue weighted by Gasteiger charge is 1.85. The maximum atomic E-state index is 3.24. The van der Waals surface area contributed by atoms with E-state index in [2.05, 4.69) is 21.3 Å². The summed E-state index contributed by atoms with van der Waals surface area (Å²) in [7, 11) is 3.87. The molecule has 0 heterocycles. The molecule has 0 saturated carbocycles. The maximum Gasteiger partial charge on any atom is 0.0451 e. The van der Waals surface area contributed by atoms with E-state index in [4.69, 9.17) is 0 Å². The van der Waals surface area contributed by atoms with Crippen molar-refractivity contribution in [1.29, 1.82) is 0 Å². The molecule has 0 aromatic rings. The Labute approximate surface area is 69.1 Å². The minimum atomic E-state index is 0.895. The van der Waals surface area contributed by atoms with E-state index in [-0.39, 0.29) is 0 Å². The third-order valence-corrected chi connectivity index (χ3v) is 1.31. The molecule has 0 aliphatic heterocycles. The van der Waals surface area contributed by atoms with E-state index in [1.807, 2.05) is 14.1 Å². The Kier molecular flexibility index (Phi) is 9.70. The van der Waals surface area contributed by atoms with E-state index < -0.39 is 0 Å². The van der Waals surface area contributed by atoms with Gasteiger partial charge in [0, 0.05) is 13.3 Å². The van der Waals surface area contributed by atoms with Gasteiger partial charge in [-0.2, -0.15) is 0 Å². The Morgan fingerprint density at radius 2 is 1.27 bits per heavy atom. The lowest BCUT2D eigenvalue weighted by atomic mass is 10.4. The van der Waals surface area contributed by atoms with Crippen molar-refractivity contribution in [2.45, 2.75) is 6.42 Å². The fraction of sp³-hybridized carbons (Fsp3) is 1.00. The normalized spacial score (nSPS) is 10.4. The lowest BCUT2D eigenvalue weighted by Gasteiger charge is -2.04. The Bertz CT molecular complexity index is 59.5. The van der Waals surface area contributed by atoms with Crippen LogP contribution in [0.3, 0.4) is 0 Å². The van der Waals surface area contributed by atoms with Gasteiger partial charge in [0.25, 0.3) is 0 Å². The lowest BCUT2D eigenvalue weighted by molar-refractivity contribution is 0.561. The molecule has 0 unspecified atom stereocenters. The third-order valence-electron chi connectivity index (χ3n) is 1.31. The highest BCUT2D eigenvalue weighted by atomic mass is 15.1. The molecule has 0 fully saturated rings. The molecule has 0 radical (unpaired) electrons. The minimum Gasteiger partial charge on any atom is -0.308 e. The van der Waals surface area contributed by atoms with Gasteiger partial charge in [0.15, 0.2) is 0 Å². The van der Waals surface area contributed by atoms with E-state index in [0.717, 1.165) is 26.4 Å². The molecule has 0 aromatic carbocycles. The van der Waals surface area contributed by atoms with E-state index in [0.29, 0.717) is 0 Å². The van der Waals surface area contributed by atoms with Crippen LogP contribution in [0.5, 0.6) is 0 Å². The molecule has 0 bridgehead atoms. The topological polar surface area (TPSA) is 48.1 Å². The van der Waals surface area contributed by atoms with Gasteiger partial charge in [0.2, 0.25) is 0 Å². The van der Waals surface area contributed by atoms with Crippen LogP contribution in [-0.2, 0) is 0 Å². The lowest BCUT2D eigenvalue weighted by Crippen LogP contribution is -2.31. The SMILES string of the molecule is CNCNCCCNCNC. The van der Waals surface area contributed by atoms with Crippen LogP contribution in [0.4, 0.5) is 0 Å². The number of hydrogen-bond donors (Lipinski definition) is 4. The molecule has 4 heteroatoms. The largest absolute Gasteiger partial charge is 0.308 e. The van der Waals surface area contributed by atoms with Gasteiger partial charge in [-0.3, -0.25) is 0 Å². The van der Waals surface area contributed by atoms with Gasteiger partial charge >= 0.3 is 0 Å². The smallest absolute Gasteiger partial charge is 0.0451 e. The van der Waals surface area contributed by atoms with Crippen LogP contribution >= 0.6 is 0 Å². The molecule has 4 nitrogen and oxygen atoms in total. The molecule has 0 atom stereocenters. The number of nitrogens with one attached hydrogen (secondary N) is 4. The van der Waals surface area contributed by atoms with Crippen molar-refractivity contribution < 1.29 is 0 Å². The van der Waals surface area contributed by atoms with Crippen LogP contribution in [0, 0.1) is 0 Å². The fourth-order valence-corrected chi connectivity index (χ4v) is 0.765. The summed E-state index contributed by atoms with van der Waals surface area (Å²) in [6.45, 7) is 3.92. The first kappa shape index (κ1) is 10.8. The first-order chi connectivity index (χ1) is 5.41. The predicted molar refractivity (Wildman–Crippen MR) is 48.5 cm³/mol. The molecule has 0 aliphatic rings. The summed E-state index contributed by atoms with van der Waals surface area (Å²) in [5.74, 6) is 0. The van der Waals surface area contributed by atoms with Crippen molar-refractivity contribution in [1.82, 2.24) is 21.3 Å². The monoisotopic (exact) mass is 160 g/mol. The Balaban J connectivity index is 2.69. The van der Waals surface area contributed by atoms with E-state index in [1.165, 1.54) is 6.42 Å². The van der Waals surface area contributed by atoms with Crippen LogP contribution in [0.25, 0.3) is 0 Å². The van der Waals surface area contributed by atoms with Crippen LogP contribution in [-0.4, -0.2) is 40.5 Å². The Morgan fingerprint density at radius 1 is 0.818 bits per heavy atom. The summed E-state index contributed by atoms with van der Waals surface area (Å²) >= 11 is 0. The zero-order chi connectivity index (χ0) is 8.36. The average Bonchev–Trinajstić information content (AvgIpc) is 2.03. The van der Waals surface area contributed by atoms with Crippen molar-refractivity contribution in [3.63, 3.8) is 0 Å². The summed E-state index contributed by atoms with van der Waals surface area (Å²) in [5.41, 5.74) is 0. The average molecular weight is 160 g/mol. The first-order valence-corrected chi connectivity index (χ1v) is 4.12. The summed E-state index contributed by atoms with van der Waals surface area (Å²) in [6.07, 6.45) is 1.17. The fourth-order valence-electron chi connectivity index (χ4n) is 0.765. The summed E-state index contributed by atoms with van der Waals surface area (Å²) in [6, 6.07) is 0. The van der Waals surface area contributed by atoms with Gasteiger partial charge in [-0.1, -0.05) is 0 Å². The van der Waals surface area contributed by atoms with E-state index in [9.17, 15) is 0 Å². The second-order valence-corrected chi connectivity index (χ2v) is 2.41. The minimum absolute atomic E-state index is 0.895. The molecule has 0 amide bonds. The molecule has 0 rings (SSSR count). The highest BCUT2D eigenvalue weighted by Crippen LogP contribution is 1.70. The van der Waals surface area contributed by atoms with Crippen molar-refractivity contribution in [3.8, 4) is 0 Å². The summed E-state index contributed by atoms with van der Waals surface area (Å²) in [5, 5.41) is 12.5. The second kappa shape index (κ2) is 9.84. The van der Waals surface area contributed by atoms with Crippen molar-refractivity contribution in [3.05, 3.63) is 0 Å². The third kappa shape index (κ3) is 9.84. The number of hydrogen-bond acceptors (Lipinski definition) is 4. The molecule has 11 heavy (non-hydrogen) atoms. The zero-order valence-corrected chi connectivity index (χ0v) is 7.54. The first-order valence-electron chi connectivity index (χ1n) is 4.12. The predicted octanol–water partition coefficient (Wildman–Crippen LogP) is -1.09. The van der Waals surface area contributed by atoms with Crippen LogP contribution < -0.4 is 21.3 Å². The van der Waals surface area contributed by atoms with Gasteiger partial charge in [-0.25, -0.2) is 0 Å². The van der Waals surface area contributed by atoms with Gasteiger partial charge < -0.3 is 21.3 Å². The second-order valence-electron chi connectivity index (χ2n) is 2.41. The molecule has 68 valence electrons. The molecule has 0 aliphatic carbocycles. The van der Waals surface area contributed by atoms with Crippen molar-refractivity contribution in [2.75, 3.05) is 40.5 Å². The Morgan fingerprint density at radius 3 is 1.64 bits per heavy atom. The quantitative estimate of drug-likeness (QED) is 0.269. The standard InChI is InChI=1S/C7H20N4/c1-8-6-10-4-3-5-11-7-9-2/h8-11H,3-7H2,1-2H3. The van der Waals surface area contributed by atoms with Crippen LogP contribution in [0.15, 0.2) is 0 Å². The maximum absolute atomic E-state index is 3.24. The molecular weight excluding hydrogens is 140 g/mol. The van der Waals surface area contributed by atoms with Crippen LogP contribution in [0.2, 0.25) is 0 Å². The Hall–Kier alpha value is -0.160. The molecule has 4 N–H and O–H groups in total. The zero-order valence-electron chi connectivity index (χ0n) is 7.54. The van der Waals surface area contributed by atoms with E-state index in [1.54, 1.807) is 0 Å². The van der Waals surface area contributed by atoms with E-state index >= 15 is 0 Å².